The van der Waals surface area contributed by atoms with E-state index in [9.17, 15) is 22.4 Å². The number of pyridine rings is 1. The van der Waals surface area contributed by atoms with Gasteiger partial charge in [-0.1, -0.05) is 12.1 Å². The lowest BCUT2D eigenvalue weighted by Crippen LogP contribution is -2.25. The minimum absolute atomic E-state index is 0.344. The number of alkyl halides is 3. The first-order valence-corrected chi connectivity index (χ1v) is 7.88. The van der Waals surface area contributed by atoms with Gasteiger partial charge in [-0.15, -0.1) is 0 Å². The molecule has 7 heteroatoms. The van der Waals surface area contributed by atoms with Crippen LogP contribution in [0.4, 0.5) is 17.6 Å². The summed E-state index contributed by atoms with van der Waals surface area (Å²) in [5.74, 6) is -2.10. The fourth-order valence-electron chi connectivity index (χ4n) is 2.61. The van der Waals surface area contributed by atoms with Crippen LogP contribution in [0.1, 0.15) is 34.3 Å². The molecular formula is C18H16F4N2O. The third-order valence-electron chi connectivity index (χ3n) is 4.13. The van der Waals surface area contributed by atoms with Crippen molar-refractivity contribution in [1.82, 2.24) is 4.57 Å². The van der Waals surface area contributed by atoms with Crippen molar-refractivity contribution in [3.05, 3.63) is 64.5 Å². The molecule has 1 aliphatic rings. The van der Waals surface area contributed by atoms with Crippen LogP contribution in [0.25, 0.3) is 0 Å². The number of benzene rings is 1. The van der Waals surface area contributed by atoms with Crippen LogP contribution >= 0.6 is 0 Å². The van der Waals surface area contributed by atoms with E-state index in [-0.39, 0.29) is 0 Å². The average Bonchev–Trinajstić information content (AvgIpc) is 3.33. The van der Waals surface area contributed by atoms with E-state index in [1.807, 2.05) is 6.07 Å². The molecule has 25 heavy (non-hydrogen) atoms. The van der Waals surface area contributed by atoms with E-state index in [1.165, 1.54) is 0 Å². The molecule has 0 bridgehead atoms. The molecule has 0 spiro atoms. The van der Waals surface area contributed by atoms with Crippen LogP contribution in [0.3, 0.4) is 0 Å². The molecule has 1 saturated carbocycles. The van der Waals surface area contributed by atoms with Gasteiger partial charge < -0.3 is 4.57 Å². The van der Waals surface area contributed by atoms with Gasteiger partial charge >= 0.3 is 6.18 Å². The number of aromatic nitrogens is 1. The highest BCUT2D eigenvalue weighted by Gasteiger charge is 2.35. The monoisotopic (exact) mass is 352 g/mol. The second-order valence-electron chi connectivity index (χ2n) is 6.19. The van der Waals surface area contributed by atoms with Crippen LogP contribution in [-0.4, -0.2) is 10.5 Å². The first kappa shape index (κ1) is 17.4. The number of carbonyl (C=O) groups is 1. The van der Waals surface area contributed by atoms with Crippen molar-refractivity contribution < 1.29 is 22.4 Å². The number of halogens is 4. The predicted octanol–water partition coefficient (Wildman–Crippen LogP) is 4.11. The molecule has 0 aliphatic heterocycles. The summed E-state index contributed by atoms with van der Waals surface area (Å²) in [6.45, 7) is 2.43. The van der Waals surface area contributed by atoms with E-state index in [2.05, 4.69) is 4.99 Å². The molecule has 0 atom stereocenters. The van der Waals surface area contributed by atoms with Crippen molar-refractivity contribution in [3.63, 3.8) is 0 Å². The summed E-state index contributed by atoms with van der Waals surface area (Å²) >= 11 is 0. The lowest BCUT2D eigenvalue weighted by Gasteiger charge is -2.10. The minimum atomic E-state index is -4.87. The molecule has 2 aromatic rings. The first-order chi connectivity index (χ1) is 11.8. The Morgan fingerprint density at radius 1 is 1.24 bits per heavy atom. The number of rotatable bonds is 3. The third kappa shape index (κ3) is 3.81. The van der Waals surface area contributed by atoms with Gasteiger partial charge in [-0.25, -0.2) is 4.39 Å². The Hall–Kier alpha value is -2.44. The van der Waals surface area contributed by atoms with E-state index in [1.54, 1.807) is 23.8 Å². The SMILES string of the molecule is Cc1cccn(CC2CC2)/c1=N/C(=O)c1cccc(C(F)(F)F)c1F. The van der Waals surface area contributed by atoms with Crippen LogP contribution in [0.5, 0.6) is 0 Å². The summed E-state index contributed by atoms with van der Waals surface area (Å²) in [5.41, 5.74) is -1.11. The zero-order valence-electron chi connectivity index (χ0n) is 13.5. The second-order valence-corrected chi connectivity index (χ2v) is 6.19. The average molecular weight is 352 g/mol. The van der Waals surface area contributed by atoms with E-state index >= 15 is 0 Å². The molecule has 0 unspecified atom stereocenters. The maximum Gasteiger partial charge on any atom is 0.419 e. The maximum absolute atomic E-state index is 14.1. The number of hydrogen-bond donors (Lipinski definition) is 0. The fourth-order valence-corrected chi connectivity index (χ4v) is 2.61. The third-order valence-corrected chi connectivity index (χ3v) is 4.13. The van der Waals surface area contributed by atoms with Gasteiger partial charge in [-0.3, -0.25) is 4.79 Å². The lowest BCUT2D eigenvalue weighted by atomic mass is 10.1. The molecule has 1 amide bonds. The number of amides is 1. The highest BCUT2D eigenvalue weighted by molar-refractivity contribution is 5.95. The molecule has 1 aromatic carbocycles. The van der Waals surface area contributed by atoms with Gasteiger partial charge in [-0.2, -0.15) is 18.2 Å². The molecule has 1 aromatic heterocycles. The zero-order valence-corrected chi connectivity index (χ0v) is 13.5. The Morgan fingerprint density at radius 2 is 1.96 bits per heavy atom. The smallest absolute Gasteiger partial charge is 0.332 e. The summed E-state index contributed by atoms with van der Waals surface area (Å²) in [4.78, 5) is 16.2. The van der Waals surface area contributed by atoms with Gasteiger partial charge in [0.05, 0.1) is 11.1 Å². The van der Waals surface area contributed by atoms with E-state index in [0.717, 1.165) is 25.0 Å². The normalized spacial score (nSPS) is 15.5. The van der Waals surface area contributed by atoms with Gasteiger partial charge in [-0.05, 0) is 49.4 Å². The van der Waals surface area contributed by atoms with Crippen LogP contribution in [0, 0.1) is 18.7 Å². The van der Waals surface area contributed by atoms with Crippen molar-refractivity contribution >= 4 is 5.91 Å². The Balaban J connectivity index is 2.04. The summed E-state index contributed by atoms with van der Waals surface area (Å²) in [6, 6.07) is 6.18. The number of nitrogens with zero attached hydrogens (tertiary/aromatic N) is 2. The lowest BCUT2D eigenvalue weighted by molar-refractivity contribution is -0.140. The molecule has 0 saturated heterocycles. The molecule has 0 N–H and O–H groups in total. The largest absolute Gasteiger partial charge is 0.419 e. The number of aryl methyl sites for hydroxylation is 1. The van der Waals surface area contributed by atoms with Crippen LogP contribution < -0.4 is 5.49 Å². The summed E-state index contributed by atoms with van der Waals surface area (Å²) in [7, 11) is 0. The van der Waals surface area contributed by atoms with Crippen molar-refractivity contribution in [2.75, 3.05) is 0 Å². The molecule has 1 heterocycles. The molecule has 0 radical (unpaired) electrons. The molecule has 3 rings (SSSR count). The molecule has 3 nitrogen and oxygen atoms in total. The standard InChI is InChI=1S/C18H16F4N2O/c1-11-4-3-9-24(10-12-7-8-12)16(11)23-17(25)13-5-2-6-14(15(13)19)18(20,21)22/h2-6,9,12H,7-8,10H2,1H3/b23-16+. The van der Waals surface area contributed by atoms with Crippen molar-refractivity contribution in [1.29, 1.82) is 0 Å². The van der Waals surface area contributed by atoms with Gasteiger partial charge in [0.2, 0.25) is 0 Å². The van der Waals surface area contributed by atoms with Crippen LogP contribution in [-0.2, 0) is 12.7 Å². The molecular weight excluding hydrogens is 336 g/mol. The topological polar surface area (TPSA) is 34.4 Å². The molecule has 132 valence electrons. The van der Waals surface area contributed by atoms with Gasteiger partial charge in [0, 0.05) is 12.7 Å². The highest BCUT2D eigenvalue weighted by Crippen LogP contribution is 2.32. The maximum atomic E-state index is 14.1. The molecule has 1 aliphatic carbocycles. The zero-order chi connectivity index (χ0) is 18.2. The van der Waals surface area contributed by atoms with E-state index < -0.39 is 29.0 Å². The van der Waals surface area contributed by atoms with Crippen molar-refractivity contribution in [3.8, 4) is 0 Å². The van der Waals surface area contributed by atoms with Crippen LogP contribution in [0.2, 0.25) is 0 Å². The quantitative estimate of drug-likeness (QED) is 0.766. The second kappa shape index (κ2) is 6.46. The summed E-state index contributed by atoms with van der Waals surface area (Å²) < 4.78 is 54.4. The molecule has 1 fully saturated rings. The van der Waals surface area contributed by atoms with E-state index in [4.69, 9.17) is 0 Å². The predicted molar refractivity (Wildman–Crippen MR) is 83.2 cm³/mol. The van der Waals surface area contributed by atoms with Crippen LogP contribution in [0.15, 0.2) is 41.5 Å². The summed E-state index contributed by atoms with van der Waals surface area (Å²) in [5, 5.41) is 0. The van der Waals surface area contributed by atoms with Crippen molar-refractivity contribution in [2.24, 2.45) is 10.9 Å². The highest BCUT2D eigenvalue weighted by atomic mass is 19.4. The Morgan fingerprint density at radius 3 is 2.60 bits per heavy atom. The Labute approximate surface area is 141 Å². The van der Waals surface area contributed by atoms with E-state index in [0.29, 0.717) is 29.6 Å². The van der Waals surface area contributed by atoms with Crippen molar-refractivity contribution in [2.45, 2.75) is 32.5 Å². The van der Waals surface area contributed by atoms with Gasteiger partial charge in [0.25, 0.3) is 5.91 Å². The first-order valence-electron chi connectivity index (χ1n) is 7.88. The number of hydrogen-bond acceptors (Lipinski definition) is 1. The van der Waals surface area contributed by atoms with Gasteiger partial charge in [0.1, 0.15) is 11.3 Å². The summed E-state index contributed by atoms with van der Waals surface area (Å²) in [6.07, 6.45) is -0.915. The van der Waals surface area contributed by atoms with Gasteiger partial charge in [0.15, 0.2) is 0 Å². The Bertz CT molecular complexity index is 879. The Kier molecular flexibility index (Phi) is 4.49. The number of carbonyl (C=O) groups excluding carboxylic acids is 1. The fraction of sp³-hybridized carbons (Fsp3) is 0.333. The minimum Gasteiger partial charge on any atom is -0.332 e.